The highest BCUT2D eigenvalue weighted by atomic mass is 32.2. The van der Waals surface area contributed by atoms with E-state index in [2.05, 4.69) is 15.2 Å². The number of benzene rings is 1. The molecule has 3 aromatic heterocycles. The van der Waals surface area contributed by atoms with Crippen LogP contribution >= 0.6 is 11.8 Å². The minimum atomic E-state index is -4.42. The minimum Gasteiger partial charge on any atom is -0.444 e. The van der Waals surface area contributed by atoms with Gasteiger partial charge in [-0.05, 0) is 24.3 Å². The van der Waals surface area contributed by atoms with Gasteiger partial charge in [-0.15, -0.1) is 10.2 Å². The van der Waals surface area contributed by atoms with Crippen LogP contribution in [0.3, 0.4) is 0 Å². The Balaban J connectivity index is 1.54. The molecule has 0 N–H and O–H groups in total. The Bertz CT molecular complexity index is 1040. The van der Waals surface area contributed by atoms with Gasteiger partial charge in [0.1, 0.15) is 6.26 Å². The normalized spacial score (nSPS) is 12.0. The molecule has 0 bridgehead atoms. The van der Waals surface area contributed by atoms with Gasteiger partial charge in [0.25, 0.3) is 0 Å². The van der Waals surface area contributed by atoms with Crippen molar-refractivity contribution in [3.05, 3.63) is 66.2 Å². The van der Waals surface area contributed by atoms with Crippen LogP contribution in [0.15, 0.2) is 64.5 Å². The molecule has 9 heteroatoms. The smallest absolute Gasteiger partial charge is 0.417 e. The van der Waals surface area contributed by atoms with Crippen molar-refractivity contribution in [3.63, 3.8) is 0 Å². The SMILES string of the molecule is FC(F)(F)c1ccc2nnc(SCc3coc(-c4ccccc4)n3)n2c1. The Morgan fingerprint density at radius 3 is 2.62 bits per heavy atom. The molecule has 5 nitrogen and oxygen atoms in total. The Morgan fingerprint density at radius 1 is 1.04 bits per heavy atom. The third-order valence-corrected chi connectivity index (χ3v) is 4.60. The first-order valence-electron chi connectivity index (χ1n) is 7.55. The molecule has 0 radical (unpaired) electrons. The average molecular weight is 376 g/mol. The number of thioether (sulfide) groups is 1. The highest BCUT2D eigenvalue weighted by Gasteiger charge is 2.31. The molecule has 0 unspecified atom stereocenters. The van der Waals surface area contributed by atoms with Crippen molar-refractivity contribution in [3.8, 4) is 11.5 Å². The summed E-state index contributed by atoms with van der Waals surface area (Å²) in [5.41, 5.74) is 1.12. The van der Waals surface area contributed by atoms with Crippen molar-refractivity contribution in [1.29, 1.82) is 0 Å². The third kappa shape index (κ3) is 3.30. The highest BCUT2D eigenvalue weighted by Crippen LogP contribution is 2.30. The van der Waals surface area contributed by atoms with E-state index in [1.165, 1.54) is 28.5 Å². The first-order chi connectivity index (χ1) is 12.5. The summed E-state index contributed by atoms with van der Waals surface area (Å²) < 4.78 is 45.4. The third-order valence-electron chi connectivity index (χ3n) is 3.62. The summed E-state index contributed by atoms with van der Waals surface area (Å²) >= 11 is 1.24. The molecule has 26 heavy (non-hydrogen) atoms. The van der Waals surface area contributed by atoms with E-state index in [0.29, 0.717) is 28.1 Å². The lowest BCUT2D eigenvalue weighted by Gasteiger charge is -2.07. The van der Waals surface area contributed by atoms with Crippen molar-refractivity contribution < 1.29 is 17.6 Å². The van der Waals surface area contributed by atoms with Gasteiger partial charge in [0.2, 0.25) is 5.89 Å². The fourth-order valence-corrected chi connectivity index (χ4v) is 3.15. The molecule has 4 rings (SSSR count). The molecular weight excluding hydrogens is 365 g/mol. The van der Waals surface area contributed by atoms with Crippen LogP contribution in [0.2, 0.25) is 0 Å². The molecule has 1 aromatic carbocycles. The largest absolute Gasteiger partial charge is 0.444 e. The minimum absolute atomic E-state index is 0.352. The van der Waals surface area contributed by atoms with E-state index < -0.39 is 11.7 Å². The maximum absolute atomic E-state index is 12.9. The summed E-state index contributed by atoms with van der Waals surface area (Å²) in [6, 6.07) is 11.7. The molecule has 0 atom stereocenters. The van der Waals surface area contributed by atoms with Crippen LogP contribution in [-0.4, -0.2) is 19.6 Å². The molecule has 132 valence electrons. The molecule has 0 fully saturated rings. The van der Waals surface area contributed by atoms with Crippen molar-refractivity contribution in [2.75, 3.05) is 0 Å². The van der Waals surface area contributed by atoms with Crippen LogP contribution in [0.5, 0.6) is 0 Å². The molecule has 0 saturated heterocycles. The van der Waals surface area contributed by atoms with E-state index in [1.807, 2.05) is 30.3 Å². The molecule has 0 amide bonds. The quantitative estimate of drug-likeness (QED) is 0.484. The van der Waals surface area contributed by atoms with Gasteiger partial charge < -0.3 is 4.42 Å². The Morgan fingerprint density at radius 2 is 1.85 bits per heavy atom. The lowest BCUT2D eigenvalue weighted by Crippen LogP contribution is -2.06. The number of rotatable bonds is 4. The summed E-state index contributed by atoms with van der Waals surface area (Å²) in [5, 5.41) is 8.19. The zero-order chi connectivity index (χ0) is 18.1. The van der Waals surface area contributed by atoms with E-state index in [0.717, 1.165) is 17.8 Å². The van der Waals surface area contributed by atoms with Gasteiger partial charge in [0.15, 0.2) is 10.8 Å². The van der Waals surface area contributed by atoms with Crippen LogP contribution in [0.25, 0.3) is 17.1 Å². The predicted octanol–water partition coefficient (Wildman–Crippen LogP) is 4.70. The zero-order valence-electron chi connectivity index (χ0n) is 13.1. The molecule has 0 aliphatic rings. The van der Waals surface area contributed by atoms with E-state index in [4.69, 9.17) is 4.42 Å². The van der Waals surface area contributed by atoms with E-state index in [1.54, 1.807) is 0 Å². The standard InChI is InChI=1S/C17H11F3N4OS/c18-17(19,20)12-6-7-14-22-23-16(24(14)8-12)26-10-13-9-25-15(21-13)11-4-2-1-3-5-11/h1-9H,10H2. The summed E-state index contributed by atoms with van der Waals surface area (Å²) in [6.45, 7) is 0. The summed E-state index contributed by atoms with van der Waals surface area (Å²) in [5.74, 6) is 0.888. The van der Waals surface area contributed by atoms with Crippen molar-refractivity contribution >= 4 is 17.4 Å². The number of oxazole rings is 1. The molecule has 4 aromatic rings. The van der Waals surface area contributed by atoms with E-state index >= 15 is 0 Å². The molecule has 0 aliphatic carbocycles. The van der Waals surface area contributed by atoms with Gasteiger partial charge in [-0.2, -0.15) is 13.2 Å². The van der Waals surface area contributed by atoms with Gasteiger partial charge in [-0.25, -0.2) is 4.98 Å². The van der Waals surface area contributed by atoms with Gasteiger partial charge in [-0.3, -0.25) is 4.40 Å². The number of hydrogen-bond donors (Lipinski definition) is 0. The fraction of sp³-hybridized carbons (Fsp3) is 0.118. The monoisotopic (exact) mass is 376 g/mol. The molecular formula is C17H11F3N4OS. The second kappa shape index (κ2) is 6.49. The first-order valence-corrected chi connectivity index (χ1v) is 8.54. The van der Waals surface area contributed by atoms with Crippen LogP contribution in [0.1, 0.15) is 11.3 Å². The van der Waals surface area contributed by atoms with Gasteiger partial charge in [0.05, 0.1) is 11.3 Å². The van der Waals surface area contributed by atoms with Crippen LogP contribution in [0, 0.1) is 0 Å². The van der Waals surface area contributed by atoms with E-state index in [-0.39, 0.29) is 0 Å². The number of nitrogens with zero attached hydrogens (tertiary/aromatic N) is 4. The van der Waals surface area contributed by atoms with Crippen molar-refractivity contribution in [1.82, 2.24) is 19.6 Å². The summed E-state index contributed by atoms with van der Waals surface area (Å²) in [6.07, 6.45) is -1.90. The lowest BCUT2D eigenvalue weighted by molar-refractivity contribution is -0.137. The Labute approximate surface area is 149 Å². The maximum Gasteiger partial charge on any atom is 0.417 e. The lowest BCUT2D eigenvalue weighted by atomic mass is 10.2. The van der Waals surface area contributed by atoms with Crippen molar-refractivity contribution in [2.45, 2.75) is 17.1 Å². The second-order valence-corrected chi connectivity index (χ2v) is 6.37. The number of alkyl halides is 3. The van der Waals surface area contributed by atoms with Gasteiger partial charge >= 0.3 is 6.18 Å². The zero-order valence-corrected chi connectivity index (χ0v) is 14.0. The number of fused-ring (bicyclic) bond motifs is 1. The molecule has 0 saturated carbocycles. The Hall–Kier alpha value is -2.81. The number of pyridine rings is 1. The number of halogens is 3. The maximum atomic E-state index is 12.9. The fourth-order valence-electron chi connectivity index (χ4n) is 2.36. The van der Waals surface area contributed by atoms with Crippen LogP contribution in [-0.2, 0) is 11.9 Å². The topological polar surface area (TPSA) is 56.2 Å². The number of aromatic nitrogens is 4. The predicted molar refractivity (Wildman–Crippen MR) is 89.5 cm³/mol. The van der Waals surface area contributed by atoms with Crippen LogP contribution in [0.4, 0.5) is 13.2 Å². The van der Waals surface area contributed by atoms with E-state index in [9.17, 15) is 13.2 Å². The number of hydrogen-bond acceptors (Lipinski definition) is 5. The summed E-state index contributed by atoms with van der Waals surface area (Å²) in [7, 11) is 0. The highest BCUT2D eigenvalue weighted by molar-refractivity contribution is 7.98. The first kappa shape index (κ1) is 16.6. The average Bonchev–Trinajstić information content (AvgIpc) is 3.26. The van der Waals surface area contributed by atoms with Crippen LogP contribution < -0.4 is 0 Å². The molecule has 3 heterocycles. The van der Waals surface area contributed by atoms with Gasteiger partial charge in [0, 0.05) is 17.5 Å². The summed E-state index contributed by atoms with van der Waals surface area (Å²) in [4.78, 5) is 4.39. The Kier molecular flexibility index (Phi) is 4.15. The molecule has 0 spiro atoms. The second-order valence-electron chi connectivity index (χ2n) is 5.43. The molecule has 0 aliphatic heterocycles. The van der Waals surface area contributed by atoms with Gasteiger partial charge in [-0.1, -0.05) is 30.0 Å². The van der Waals surface area contributed by atoms with Crippen molar-refractivity contribution in [2.24, 2.45) is 0 Å².